The highest BCUT2D eigenvalue weighted by Crippen LogP contribution is 2.21. The number of carboxylic acid groups (broad SMARTS) is 1. The van der Waals surface area contributed by atoms with Crippen molar-refractivity contribution < 1.29 is 19.5 Å². The third-order valence-electron chi connectivity index (χ3n) is 4.42. The molecule has 1 atom stereocenters. The molecular weight excluding hydrogens is 332 g/mol. The molecule has 0 aliphatic rings. The Balaban J connectivity index is 2.73. The van der Waals surface area contributed by atoms with Gasteiger partial charge in [0.15, 0.2) is 6.04 Å². The van der Waals surface area contributed by atoms with Crippen LogP contribution in [0.4, 0.5) is 0 Å². The van der Waals surface area contributed by atoms with Crippen LogP contribution in [0.25, 0.3) is 0 Å². The topological polar surface area (TPSA) is 86.7 Å². The first-order chi connectivity index (χ1) is 12.3. The highest BCUT2D eigenvalue weighted by atomic mass is 16.4. The molecule has 6 heteroatoms. The van der Waals surface area contributed by atoms with Crippen molar-refractivity contribution in [3.63, 3.8) is 0 Å². The van der Waals surface area contributed by atoms with E-state index in [1.165, 1.54) is 0 Å². The van der Waals surface area contributed by atoms with E-state index in [-0.39, 0.29) is 18.7 Å². The zero-order chi connectivity index (χ0) is 19.7. The number of hydrogen-bond donors (Lipinski definition) is 2. The molecule has 0 radical (unpaired) electrons. The van der Waals surface area contributed by atoms with Crippen molar-refractivity contribution in [1.29, 1.82) is 0 Å². The molecule has 0 aromatic heterocycles. The van der Waals surface area contributed by atoms with E-state index in [2.05, 4.69) is 5.32 Å². The summed E-state index contributed by atoms with van der Waals surface area (Å²) in [6.07, 6.45) is 1.81. The fraction of sp³-hybridized carbons (Fsp3) is 0.550. The summed E-state index contributed by atoms with van der Waals surface area (Å²) in [5.74, 6) is -1.61. The molecule has 1 aromatic rings. The number of rotatable bonds is 10. The van der Waals surface area contributed by atoms with Gasteiger partial charge in [-0.1, -0.05) is 32.0 Å². The number of carboxylic acids is 1. The molecule has 0 saturated carbocycles. The molecular formula is C20H30N2O4. The molecule has 2 N–H and O–H groups in total. The van der Waals surface area contributed by atoms with Gasteiger partial charge >= 0.3 is 5.97 Å². The lowest BCUT2D eigenvalue weighted by Gasteiger charge is -2.22. The van der Waals surface area contributed by atoms with Crippen molar-refractivity contribution in [2.45, 2.75) is 59.4 Å². The molecule has 0 aliphatic carbocycles. The maximum absolute atomic E-state index is 12.2. The summed E-state index contributed by atoms with van der Waals surface area (Å²) >= 11 is 0. The van der Waals surface area contributed by atoms with E-state index in [1.807, 2.05) is 33.8 Å². The van der Waals surface area contributed by atoms with E-state index in [1.54, 1.807) is 17.0 Å². The van der Waals surface area contributed by atoms with Crippen molar-refractivity contribution in [2.24, 2.45) is 0 Å². The molecule has 1 aromatic carbocycles. The van der Waals surface area contributed by atoms with Crippen LogP contribution in [0.3, 0.4) is 0 Å². The Morgan fingerprint density at radius 2 is 1.69 bits per heavy atom. The minimum Gasteiger partial charge on any atom is -0.479 e. The summed E-state index contributed by atoms with van der Waals surface area (Å²) < 4.78 is 0. The lowest BCUT2D eigenvalue weighted by atomic mass is 9.97. The smallest absolute Gasteiger partial charge is 0.330 e. The van der Waals surface area contributed by atoms with E-state index in [4.69, 9.17) is 0 Å². The molecule has 144 valence electrons. The van der Waals surface area contributed by atoms with Gasteiger partial charge in [0, 0.05) is 25.9 Å². The van der Waals surface area contributed by atoms with Gasteiger partial charge in [-0.2, -0.15) is 0 Å². The number of nitrogens with zero attached hydrogens (tertiary/aromatic N) is 1. The van der Waals surface area contributed by atoms with E-state index in [0.717, 1.165) is 24.0 Å². The summed E-state index contributed by atoms with van der Waals surface area (Å²) in [7, 11) is 0. The summed E-state index contributed by atoms with van der Waals surface area (Å²) in [6, 6.07) is 4.27. The number of carbonyl (C=O) groups excluding carboxylic acids is 2. The van der Waals surface area contributed by atoms with Gasteiger partial charge in [-0.15, -0.1) is 0 Å². The number of benzene rings is 1. The molecule has 0 heterocycles. The zero-order valence-corrected chi connectivity index (χ0v) is 16.2. The Hall–Kier alpha value is -2.37. The van der Waals surface area contributed by atoms with Crippen molar-refractivity contribution in [3.05, 3.63) is 34.9 Å². The summed E-state index contributed by atoms with van der Waals surface area (Å²) in [6.45, 7) is 9.09. The second-order valence-corrected chi connectivity index (χ2v) is 6.51. The van der Waals surface area contributed by atoms with Crippen LogP contribution in [0.1, 0.15) is 62.3 Å². The molecule has 0 spiro atoms. The van der Waals surface area contributed by atoms with Gasteiger partial charge in [0.1, 0.15) is 0 Å². The van der Waals surface area contributed by atoms with Crippen molar-refractivity contribution in [2.75, 3.05) is 13.1 Å². The van der Waals surface area contributed by atoms with Crippen LogP contribution in [0.5, 0.6) is 0 Å². The summed E-state index contributed by atoms with van der Waals surface area (Å²) in [5, 5.41) is 12.1. The standard InChI is InChI=1S/C20H30N2O4/c1-5-12-22(13-6-2)18(24)11-10-17(23)21-19(20(25)26)16-9-7-8-14(3)15(16)4/h7-9,19H,5-6,10-13H2,1-4H3,(H,21,23)(H,25,26). The predicted molar refractivity (Wildman–Crippen MR) is 101 cm³/mol. The Labute approximate surface area is 155 Å². The SMILES string of the molecule is CCCN(CCC)C(=O)CCC(=O)NC(C(=O)O)c1cccc(C)c1C. The molecule has 26 heavy (non-hydrogen) atoms. The minimum atomic E-state index is -1.11. The highest BCUT2D eigenvalue weighted by molar-refractivity contribution is 5.87. The first kappa shape index (κ1) is 21.7. The van der Waals surface area contributed by atoms with Gasteiger partial charge in [-0.05, 0) is 43.4 Å². The van der Waals surface area contributed by atoms with Crippen LogP contribution in [0, 0.1) is 13.8 Å². The van der Waals surface area contributed by atoms with Crippen molar-refractivity contribution in [3.8, 4) is 0 Å². The number of aliphatic carboxylic acids is 1. The lowest BCUT2D eigenvalue weighted by Crippen LogP contribution is -2.36. The maximum Gasteiger partial charge on any atom is 0.330 e. The van der Waals surface area contributed by atoms with Gasteiger partial charge in [-0.25, -0.2) is 4.79 Å². The first-order valence-electron chi connectivity index (χ1n) is 9.17. The molecule has 2 amide bonds. The Morgan fingerprint density at radius 3 is 2.23 bits per heavy atom. The molecule has 1 rings (SSSR count). The van der Waals surface area contributed by atoms with Gasteiger partial charge in [0.05, 0.1) is 0 Å². The highest BCUT2D eigenvalue weighted by Gasteiger charge is 2.24. The average Bonchev–Trinajstić information content (AvgIpc) is 2.60. The molecule has 0 fully saturated rings. The van der Waals surface area contributed by atoms with Gasteiger partial charge in [0.25, 0.3) is 0 Å². The third kappa shape index (κ3) is 6.17. The van der Waals surface area contributed by atoms with E-state index in [9.17, 15) is 19.5 Å². The fourth-order valence-corrected chi connectivity index (χ4v) is 2.87. The number of nitrogens with one attached hydrogen (secondary N) is 1. The summed E-state index contributed by atoms with van der Waals surface area (Å²) in [5.41, 5.74) is 2.37. The largest absolute Gasteiger partial charge is 0.479 e. The molecule has 0 bridgehead atoms. The normalized spacial score (nSPS) is 11.7. The number of amides is 2. The van der Waals surface area contributed by atoms with Crippen LogP contribution < -0.4 is 5.32 Å². The van der Waals surface area contributed by atoms with Crippen LogP contribution >= 0.6 is 0 Å². The predicted octanol–water partition coefficient (Wildman–Crippen LogP) is 2.97. The molecule has 6 nitrogen and oxygen atoms in total. The van der Waals surface area contributed by atoms with E-state index < -0.39 is 17.9 Å². The maximum atomic E-state index is 12.2. The molecule has 0 saturated heterocycles. The number of hydrogen-bond acceptors (Lipinski definition) is 3. The Kier molecular flexibility index (Phi) is 8.82. The number of aryl methyl sites for hydroxylation is 1. The monoisotopic (exact) mass is 362 g/mol. The van der Waals surface area contributed by atoms with Gasteiger partial charge < -0.3 is 15.3 Å². The molecule has 0 aliphatic heterocycles. The van der Waals surface area contributed by atoms with Crippen LogP contribution in [0.2, 0.25) is 0 Å². The number of carbonyl (C=O) groups is 3. The fourth-order valence-electron chi connectivity index (χ4n) is 2.87. The molecule has 1 unspecified atom stereocenters. The zero-order valence-electron chi connectivity index (χ0n) is 16.2. The third-order valence-corrected chi connectivity index (χ3v) is 4.42. The van der Waals surface area contributed by atoms with Crippen molar-refractivity contribution in [1.82, 2.24) is 10.2 Å². The lowest BCUT2D eigenvalue weighted by molar-refractivity contribution is -0.142. The van der Waals surface area contributed by atoms with Crippen LogP contribution in [0.15, 0.2) is 18.2 Å². The van der Waals surface area contributed by atoms with E-state index >= 15 is 0 Å². The van der Waals surface area contributed by atoms with Crippen molar-refractivity contribution >= 4 is 17.8 Å². The Bertz CT molecular complexity index is 637. The van der Waals surface area contributed by atoms with E-state index in [0.29, 0.717) is 18.7 Å². The quantitative estimate of drug-likeness (QED) is 0.670. The second kappa shape index (κ2) is 10.6. The van der Waals surface area contributed by atoms with Gasteiger partial charge in [0.2, 0.25) is 11.8 Å². The Morgan fingerprint density at radius 1 is 1.08 bits per heavy atom. The average molecular weight is 362 g/mol. The summed E-state index contributed by atoms with van der Waals surface area (Å²) in [4.78, 5) is 37.9. The van der Waals surface area contributed by atoms with Gasteiger partial charge in [-0.3, -0.25) is 9.59 Å². The minimum absolute atomic E-state index is 0.0165. The first-order valence-corrected chi connectivity index (χ1v) is 9.17. The van der Waals surface area contributed by atoms with Crippen LogP contribution in [-0.4, -0.2) is 40.9 Å². The second-order valence-electron chi connectivity index (χ2n) is 6.51. The van der Waals surface area contributed by atoms with Crippen LogP contribution in [-0.2, 0) is 14.4 Å².